The first kappa shape index (κ1) is 14.0. The normalized spacial score (nSPS) is 10.5. The maximum absolute atomic E-state index is 8.79. The summed E-state index contributed by atoms with van der Waals surface area (Å²) in [6.07, 6.45) is 8.87. The summed E-state index contributed by atoms with van der Waals surface area (Å²) in [4.78, 5) is 0. The molecule has 0 saturated heterocycles. The zero-order valence-corrected chi connectivity index (χ0v) is 10.8. The summed E-state index contributed by atoms with van der Waals surface area (Å²) in [6.45, 7) is 2.00. The van der Waals surface area contributed by atoms with Crippen LogP contribution in [0.4, 0.5) is 0 Å². The van der Waals surface area contributed by atoms with E-state index in [1.54, 1.807) is 0 Å². The van der Waals surface area contributed by atoms with Crippen molar-refractivity contribution in [1.82, 2.24) is 0 Å². The van der Waals surface area contributed by atoms with Crippen LogP contribution in [0.5, 0.6) is 5.75 Å². The Morgan fingerprint density at radius 1 is 1.00 bits per heavy atom. The lowest BCUT2D eigenvalue weighted by atomic mass is 10.0. The number of unbranched alkanes of at least 4 members (excludes halogenated alkanes) is 5. The van der Waals surface area contributed by atoms with Crippen LogP contribution in [0, 0.1) is 0 Å². The molecular formula is C15H24O2. The van der Waals surface area contributed by atoms with Crippen LogP contribution in [-0.4, -0.2) is 11.9 Å². The van der Waals surface area contributed by atoms with Crippen LogP contribution >= 0.6 is 0 Å². The minimum absolute atomic E-state index is 0.243. The van der Waals surface area contributed by atoms with Gasteiger partial charge in [0, 0.05) is 0 Å². The van der Waals surface area contributed by atoms with Gasteiger partial charge in [0.25, 0.3) is 0 Å². The number of para-hydroxylation sites is 1. The van der Waals surface area contributed by atoms with E-state index in [4.69, 9.17) is 9.84 Å². The molecule has 0 atom stereocenters. The Bertz CT molecular complexity index is 297. The fourth-order valence-electron chi connectivity index (χ4n) is 2.02. The number of hydrogen-bond donors (Lipinski definition) is 1. The second-order valence-corrected chi connectivity index (χ2v) is 4.40. The van der Waals surface area contributed by atoms with Crippen molar-refractivity contribution in [1.29, 1.82) is 0 Å². The summed E-state index contributed by atoms with van der Waals surface area (Å²) < 4.78 is 5.19. The fourth-order valence-corrected chi connectivity index (χ4v) is 2.02. The molecule has 0 aromatic heterocycles. The third kappa shape index (κ3) is 5.73. The van der Waals surface area contributed by atoms with Crippen molar-refractivity contribution in [3.05, 3.63) is 29.8 Å². The molecule has 1 N–H and O–H groups in total. The maximum atomic E-state index is 8.79. The van der Waals surface area contributed by atoms with E-state index in [9.17, 15) is 0 Å². The Labute approximate surface area is 105 Å². The molecule has 0 radical (unpaired) electrons. The summed E-state index contributed by atoms with van der Waals surface area (Å²) in [5, 5.41) is 8.79. The summed E-state index contributed by atoms with van der Waals surface area (Å²) in [5.74, 6) is 0.823. The van der Waals surface area contributed by atoms with Gasteiger partial charge in [-0.05, 0) is 24.5 Å². The van der Waals surface area contributed by atoms with Crippen molar-refractivity contribution in [2.45, 2.75) is 51.9 Å². The van der Waals surface area contributed by atoms with E-state index in [-0.39, 0.29) is 6.79 Å². The first-order chi connectivity index (χ1) is 8.38. The van der Waals surface area contributed by atoms with Crippen LogP contribution in [-0.2, 0) is 6.42 Å². The Balaban J connectivity index is 2.25. The van der Waals surface area contributed by atoms with Gasteiger partial charge in [-0.25, -0.2) is 0 Å². The highest BCUT2D eigenvalue weighted by molar-refractivity contribution is 5.33. The Kier molecular flexibility index (Phi) is 7.48. The largest absolute Gasteiger partial charge is 0.467 e. The molecule has 0 fully saturated rings. The molecule has 0 heterocycles. The molecule has 2 heteroatoms. The number of hydrogen-bond acceptors (Lipinski definition) is 2. The van der Waals surface area contributed by atoms with Crippen LogP contribution in [0.3, 0.4) is 0 Å². The lowest BCUT2D eigenvalue weighted by Crippen LogP contribution is -1.98. The first-order valence-electron chi connectivity index (χ1n) is 6.70. The van der Waals surface area contributed by atoms with E-state index >= 15 is 0 Å². The van der Waals surface area contributed by atoms with Gasteiger partial charge in [-0.1, -0.05) is 57.2 Å². The maximum Gasteiger partial charge on any atom is 0.186 e. The highest BCUT2D eigenvalue weighted by Crippen LogP contribution is 2.20. The molecular weight excluding hydrogens is 212 g/mol. The number of rotatable bonds is 9. The molecule has 1 rings (SSSR count). The van der Waals surface area contributed by atoms with Gasteiger partial charge in [-0.15, -0.1) is 0 Å². The van der Waals surface area contributed by atoms with Gasteiger partial charge < -0.3 is 9.84 Å². The van der Waals surface area contributed by atoms with Gasteiger partial charge in [-0.2, -0.15) is 0 Å². The average molecular weight is 236 g/mol. The molecule has 96 valence electrons. The van der Waals surface area contributed by atoms with Gasteiger partial charge in [-0.3, -0.25) is 0 Å². The first-order valence-corrected chi connectivity index (χ1v) is 6.70. The highest BCUT2D eigenvalue weighted by atomic mass is 16.6. The van der Waals surface area contributed by atoms with Gasteiger partial charge in [0.2, 0.25) is 0 Å². The number of aryl methyl sites for hydroxylation is 1. The summed E-state index contributed by atoms with van der Waals surface area (Å²) >= 11 is 0. The summed E-state index contributed by atoms with van der Waals surface area (Å²) in [5.41, 5.74) is 1.21. The smallest absolute Gasteiger partial charge is 0.186 e. The monoisotopic (exact) mass is 236 g/mol. The van der Waals surface area contributed by atoms with E-state index in [1.165, 1.54) is 44.1 Å². The SMILES string of the molecule is CCCCCCCCc1ccccc1OCO. The molecule has 1 aromatic rings. The summed E-state index contributed by atoms with van der Waals surface area (Å²) in [7, 11) is 0. The van der Waals surface area contributed by atoms with E-state index in [0.29, 0.717) is 0 Å². The molecule has 0 aliphatic heterocycles. The van der Waals surface area contributed by atoms with Gasteiger partial charge in [0.05, 0.1) is 0 Å². The fraction of sp³-hybridized carbons (Fsp3) is 0.600. The molecule has 1 aromatic carbocycles. The number of ether oxygens (including phenoxy) is 1. The minimum atomic E-state index is -0.243. The Morgan fingerprint density at radius 3 is 2.47 bits per heavy atom. The van der Waals surface area contributed by atoms with E-state index in [2.05, 4.69) is 13.0 Å². The molecule has 0 amide bonds. The van der Waals surface area contributed by atoms with Crippen molar-refractivity contribution in [3.63, 3.8) is 0 Å². The van der Waals surface area contributed by atoms with E-state index in [1.807, 2.05) is 18.2 Å². The molecule has 0 saturated carbocycles. The molecule has 0 unspecified atom stereocenters. The zero-order chi connectivity index (χ0) is 12.3. The van der Waals surface area contributed by atoms with Crippen molar-refractivity contribution in [2.75, 3.05) is 6.79 Å². The van der Waals surface area contributed by atoms with Gasteiger partial charge in [0.15, 0.2) is 6.79 Å². The molecule has 0 aliphatic rings. The second kappa shape index (κ2) is 9.06. The molecule has 0 spiro atoms. The molecule has 2 nitrogen and oxygen atoms in total. The average Bonchev–Trinajstić information content (AvgIpc) is 2.36. The predicted molar refractivity (Wildman–Crippen MR) is 71.2 cm³/mol. The highest BCUT2D eigenvalue weighted by Gasteiger charge is 2.01. The van der Waals surface area contributed by atoms with Crippen molar-refractivity contribution in [2.24, 2.45) is 0 Å². The van der Waals surface area contributed by atoms with Crippen LogP contribution in [0.2, 0.25) is 0 Å². The van der Waals surface area contributed by atoms with Crippen molar-refractivity contribution < 1.29 is 9.84 Å². The topological polar surface area (TPSA) is 29.5 Å². The van der Waals surface area contributed by atoms with Crippen LogP contribution in [0.15, 0.2) is 24.3 Å². The number of aliphatic hydroxyl groups is 1. The number of benzene rings is 1. The van der Waals surface area contributed by atoms with Crippen LogP contribution < -0.4 is 4.74 Å². The van der Waals surface area contributed by atoms with Crippen LogP contribution in [0.1, 0.15) is 51.0 Å². The molecule has 0 bridgehead atoms. The van der Waals surface area contributed by atoms with Crippen LogP contribution in [0.25, 0.3) is 0 Å². The standard InChI is InChI=1S/C15H24O2/c1-2-3-4-5-6-7-10-14-11-8-9-12-15(14)17-13-16/h8-9,11-12,16H,2-7,10,13H2,1H3. The molecule has 17 heavy (non-hydrogen) atoms. The summed E-state index contributed by atoms with van der Waals surface area (Å²) in [6, 6.07) is 7.96. The second-order valence-electron chi connectivity index (χ2n) is 4.40. The minimum Gasteiger partial charge on any atom is -0.467 e. The third-order valence-electron chi connectivity index (χ3n) is 2.99. The van der Waals surface area contributed by atoms with Gasteiger partial charge >= 0.3 is 0 Å². The zero-order valence-electron chi connectivity index (χ0n) is 10.8. The van der Waals surface area contributed by atoms with E-state index < -0.39 is 0 Å². The Hall–Kier alpha value is -1.02. The number of aliphatic hydroxyl groups excluding tert-OH is 1. The lowest BCUT2D eigenvalue weighted by molar-refractivity contribution is 0.0975. The van der Waals surface area contributed by atoms with Gasteiger partial charge in [0.1, 0.15) is 5.75 Å². The van der Waals surface area contributed by atoms with Crippen molar-refractivity contribution in [3.8, 4) is 5.75 Å². The Morgan fingerprint density at radius 2 is 1.71 bits per heavy atom. The quantitative estimate of drug-likeness (QED) is 0.520. The molecule has 0 aliphatic carbocycles. The lowest BCUT2D eigenvalue weighted by Gasteiger charge is -2.09. The third-order valence-corrected chi connectivity index (χ3v) is 2.99. The predicted octanol–water partition coefficient (Wildman–Crippen LogP) is 3.92. The van der Waals surface area contributed by atoms with E-state index in [0.717, 1.165) is 12.2 Å². The van der Waals surface area contributed by atoms with Crippen molar-refractivity contribution >= 4 is 0 Å².